The van der Waals surface area contributed by atoms with Crippen molar-refractivity contribution < 1.29 is 9.53 Å². The first-order chi connectivity index (χ1) is 9.43. The third kappa shape index (κ3) is 5.39. The fourth-order valence-electron chi connectivity index (χ4n) is 1.83. The summed E-state index contributed by atoms with van der Waals surface area (Å²) < 4.78 is 5.05. The fraction of sp³-hybridized carbons (Fsp3) is 0.533. The summed E-state index contributed by atoms with van der Waals surface area (Å²) in [6.07, 6.45) is 0. The number of hydrogen-bond acceptors (Lipinski definition) is 2. The molecule has 0 bridgehead atoms. The van der Waals surface area contributed by atoms with Crippen LogP contribution < -0.4 is 5.32 Å². The van der Waals surface area contributed by atoms with Crippen molar-refractivity contribution in [2.75, 3.05) is 32.1 Å². The maximum Gasteiger partial charge on any atom is 0.321 e. The number of anilines is 1. The Kier molecular flexibility index (Phi) is 6.82. The number of nitrogens with zero attached hydrogens (tertiary/aromatic N) is 1. The molecule has 20 heavy (non-hydrogen) atoms. The second-order valence-corrected chi connectivity index (χ2v) is 5.65. The molecular weight excluding hydrogens is 276 g/mol. The van der Waals surface area contributed by atoms with Crippen molar-refractivity contribution in [1.82, 2.24) is 4.90 Å². The van der Waals surface area contributed by atoms with Crippen molar-refractivity contribution in [1.29, 1.82) is 0 Å². The Morgan fingerprint density at radius 2 is 2.15 bits per heavy atom. The standard InChI is InChI=1S/C15H23ClN2O2/c1-11(2)10-18(7-8-20-4)15(19)17-14-6-5-12(3)9-13(14)16/h5-6,9,11H,7-8,10H2,1-4H3,(H,17,19). The van der Waals surface area contributed by atoms with Gasteiger partial charge in [0.1, 0.15) is 0 Å². The maximum absolute atomic E-state index is 12.3. The van der Waals surface area contributed by atoms with Crippen LogP contribution in [0.5, 0.6) is 0 Å². The summed E-state index contributed by atoms with van der Waals surface area (Å²) >= 11 is 6.13. The minimum atomic E-state index is -0.151. The second kappa shape index (κ2) is 8.12. The molecule has 5 heteroatoms. The van der Waals surface area contributed by atoms with E-state index in [1.54, 1.807) is 12.0 Å². The van der Waals surface area contributed by atoms with Crippen LogP contribution >= 0.6 is 11.6 Å². The van der Waals surface area contributed by atoms with E-state index in [1.807, 2.05) is 25.1 Å². The summed E-state index contributed by atoms with van der Waals surface area (Å²) in [6.45, 7) is 7.86. The van der Waals surface area contributed by atoms with E-state index in [-0.39, 0.29) is 6.03 Å². The van der Waals surface area contributed by atoms with Crippen molar-refractivity contribution in [3.8, 4) is 0 Å². The minimum absolute atomic E-state index is 0.151. The van der Waals surface area contributed by atoms with Gasteiger partial charge in [-0.3, -0.25) is 0 Å². The van der Waals surface area contributed by atoms with Crippen LogP contribution in [0.1, 0.15) is 19.4 Å². The van der Waals surface area contributed by atoms with Crippen molar-refractivity contribution in [2.45, 2.75) is 20.8 Å². The number of benzene rings is 1. The molecule has 0 fully saturated rings. The fourth-order valence-corrected chi connectivity index (χ4v) is 2.12. The van der Waals surface area contributed by atoms with E-state index >= 15 is 0 Å². The van der Waals surface area contributed by atoms with Gasteiger partial charge in [0.25, 0.3) is 0 Å². The number of carbonyl (C=O) groups is 1. The van der Waals surface area contributed by atoms with Crippen LogP contribution in [0.4, 0.5) is 10.5 Å². The normalized spacial score (nSPS) is 10.7. The third-order valence-electron chi connectivity index (χ3n) is 2.80. The number of hydrogen-bond donors (Lipinski definition) is 1. The van der Waals surface area contributed by atoms with Crippen LogP contribution in [0, 0.1) is 12.8 Å². The molecule has 112 valence electrons. The number of carbonyl (C=O) groups excluding carboxylic acids is 1. The molecule has 0 aromatic heterocycles. The van der Waals surface area contributed by atoms with Gasteiger partial charge in [0, 0.05) is 20.2 Å². The molecule has 0 saturated heterocycles. The van der Waals surface area contributed by atoms with Crippen molar-refractivity contribution in [3.05, 3.63) is 28.8 Å². The van der Waals surface area contributed by atoms with E-state index in [0.717, 1.165) is 5.56 Å². The van der Waals surface area contributed by atoms with Gasteiger partial charge in [-0.15, -0.1) is 0 Å². The zero-order valence-electron chi connectivity index (χ0n) is 12.6. The number of nitrogens with one attached hydrogen (secondary N) is 1. The lowest BCUT2D eigenvalue weighted by Crippen LogP contribution is -2.39. The molecule has 0 atom stereocenters. The highest BCUT2D eigenvalue weighted by Crippen LogP contribution is 2.23. The molecule has 1 N–H and O–H groups in total. The van der Waals surface area contributed by atoms with E-state index in [1.165, 1.54) is 0 Å². The molecule has 0 unspecified atom stereocenters. The average molecular weight is 299 g/mol. The predicted molar refractivity (Wildman–Crippen MR) is 83.5 cm³/mol. The summed E-state index contributed by atoms with van der Waals surface area (Å²) in [6, 6.07) is 5.42. The minimum Gasteiger partial charge on any atom is -0.383 e. The first-order valence-corrected chi connectivity index (χ1v) is 7.13. The van der Waals surface area contributed by atoms with E-state index in [2.05, 4.69) is 19.2 Å². The van der Waals surface area contributed by atoms with Crippen molar-refractivity contribution in [2.24, 2.45) is 5.92 Å². The highest BCUT2D eigenvalue weighted by molar-refractivity contribution is 6.33. The van der Waals surface area contributed by atoms with Gasteiger partial charge >= 0.3 is 6.03 Å². The number of methoxy groups -OCH3 is 1. The highest BCUT2D eigenvalue weighted by Gasteiger charge is 2.15. The molecular formula is C15H23ClN2O2. The molecule has 1 rings (SSSR count). The van der Waals surface area contributed by atoms with Gasteiger partial charge in [0.05, 0.1) is 17.3 Å². The average Bonchev–Trinajstić information content (AvgIpc) is 2.37. The second-order valence-electron chi connectivity index (χ2n) is 5.25. The molecule has 0 spiro atoms. The summed E-state index contributed by atoms with van der Waals surface area (Å²) in [7, 11) is 1.63. The zero-order chi connectivity index (χ0) is 15.1. The quantitative estimate of drug-likeness (QED) is 0.868. The topological polar surface area (TPSA) is 41.6 Å². The highest BCUT2D eigenvalue weighted by atomic mass is 35.5. The molecule has 0 heterocycles. The van der Waals surface area contributed by atoms with Gasteiger partial charge in [0.2, 0.25) is 0 Å². The molecule has 0 aliphatic rings. The molecule has 2 amide bonds. The van der Waals surface area contributed by atoms with Crippen molar-refractivity contribution >= 4 is 23.3 Å². The number of aryl methyl sites for hydroxylation is 1. The lowest BCUT2D eigenvalue weighted by atomic mass is 10.2. The molecule has 1 aromatic rings. The van der Waals surface area contributed by atoms with Crippen LogP contribution in [-0.2, 0) is 4.74 Å². The van der Waals surface area contributed by atoms with Crippen LogP contribution in [-0.4, -0.2) is 37.7 Å². The lowest BCUT2D eigenvalue weighted by molar-refractivity contribution is 0.150. The van der Waals surface area contributed by atoms with E-state index < -0.39 is 0 Å². The summed E-state index contributed by atoms with van der Waals surface area (Å²) in [4.78, 5) is 14.0. The first-order valence-electron chi connectivity index (χ1n) is 6.75. The molecule has 0 aliphatic carbocycles. The molecule has 4 nitrogen and oxygen atoms in total. The Hall–Kier alpha value is -1.26. The van der Waals surface area contributed by atoms with Crippen LogP contribution in [0.15, 0.2) is 18.2 Å². The molecule has 0 aliphatic heterocycles. The summed E-state index contributed by atoms with van der Waals surface area (Å²) in [5, 5.41) is 3.40. The predicted octanol–water partition coefficient (Wildman–Crippen LogP) is 3.78. The van der Waals surface area contributed by atoms with Gasteiger partial charge in [-0.05, 0) is 30.5 Å². The smallest absolute Gasteiger partial charge is 0.321 e. The number of urea groups is 1. The lowest BCUT2D eigenvalue weighted by Gasteiger charge is -2.24. The Bertz CT molecular complexity index is 449. The van der Waals surface area contributed by atoms with Gasteiger partial charge in [0.15, 0.2) is 0 Å². The Morgan fingerprint density at radius 1 is 1.45 bits per heavy atom. The van der Waals surface area contributed by atoms with Crippen LogP contribution in [0.3, 0.4) is 0 Å². The molecule has 1 aromatic carbocycles. The van der Waals surface area contributed by atoms with Gasteiger partial charge in [-0.25, -0.2) is 4.79 Å². The summed E-state index contributed by atoms with van der Waals surface area (Å²) in [5.74, 6) is 0.395. The number of halogens is 1. The van der Waals surface area contributed by atoms with Gasteiger partial charge in [-0.2, -0.15) is 0 Å². The Labute approximate surface area is 126 Å². The largest absolute Gasteiger partial charge is 0.383 e. The zero-order valence-corrected chi connectivity index (χ0v) is 13.3. The molecule has 0 saturated carbocycles. The number of rotatable bonds is 6. The Balaban J connectivity index is 2.73. The Morgan fingerprint density at radius 3 is 2.70 bits per heavy atom. The van der Waals surface area contributed by atoms with Crippen LogP contribution in [0.25, 0.3) is 0 Å². The number of amides is 2. The van der Waals surface area contributed by atoms with Gasteiger partial charge in [-0.1, -0.05) is 31.5 Å². The van der Waals surface area contributed by atoms with E-state index in [0.29, 0.717) is 36.3 Å². The van der Waals surface area contributed by atoms with E-state index in [9.17, 15) is 4.79 Å². The SMILES string of the molecule is COCCN(CC(C)C)C(=O)Nc1ccc(C)cc1Cl. The third-order valence-corrected chi connectivity index (χ3v) is 3.12. The van der Waals surface area contributed by atoms with Gasteiger partial charge < -0.3 is 15.0 Å². The van der Waals surface area contributed by atoms with Crippen molar-refractivity contribution in [3.63, 3.8) is 0 Å². The van der Waals surface area contributed by atoms with Crippen LogP contribution in [0.2, 0.25) is 5.02 Å². The monoisotopic (exact) mass is 298 g/mol. The summed E-state index contributed by atoms with van der Waals surface area (Å²) in [5.41, 5.74) is 1.69. The first kappa shape index (κ1) is 16.8. The van der Waals surface area contributed by atoms with E-state index in [4.69, 9.17) is 16.3 Å². The maximum atomic E-state index is 12.3. The number of ether oxygens (including phenoxy) is 1. The molecule has 0 radical (unpaired) electrons.